The topological polar surface area (TPSA) is 83.1 Å². The molecular formula is C21H23BrN4O2. The van der Waals surface area contributed by atoms with Crippen LogP contribution in [0.3, 0.4) is 0 Å². The largest absolute Gasteiger partial charge is 0.359 e. The van der Waals surface area contributed by atoms with Gasteiger partial charge in [0.05, 0.1) is 0 Å². The molecule has 2 aromatic rings. The summed E-state index contributed by atoms with van der Waals surface area (Å²) >= 11 is 3.43. The van der Waals surface area contributed by atoms with Crippen molar-refractivity contribution in [1.29, 1.82) is 0 Å². The number of amides is 1. The van der Waals surface area contributed by atoms with E-state index in [1.165, 1.54) is 0 Å². The number of allylic oxidation sites excluding steroid dienone is 1. The van der Waals surface area contributed by atoms with Crippen LogP contribution in [-0.2, 0) is 4.79 Å². The molecule has 0 aliphatic heterocycles. The molecule has 1 aromatic heterocycles. The van der Waals surface area contributed by atoms with Crippen molar-refractivity contribution in [2.75, 3.05) is 11.9 Å². The summed E-state index contributed by atoms with van der Waals surface area (Å²) in [6.45, 7) is 4.43. The first-order valence-electron chi connectivity index (χ1n) is 9.05. The lowest BCUT2D eigenvalue weighted by molar-refractivity contribution is -0.118. The lowest BCUT2D eigenvalue weighted by Crippen LogP contribution is -2.41. The predicted molar refractivity (Wildman–Crippen MR) is 113 cm³/mol. The second kappa shape index (κ2) is 8.67. The molecule has 1 amide bonds. The van der Waals surface area contributed by atoms with E-state index in [1.54, 1.807) is 24.5 Å². The molecule has 0 unspecified atom stereocenters. The highest BCUT2D eigenvalue weighted by molar-refractivity contribution is 9.10. The third-order valence-electron chi connectivity index (χ3n) is 4.54. The van der Waals surface area contributed by atoms with Crippen LogP contribution < -0.4 is 16.2 Å². The number of nitrogens with one attached hydrogen (secondary N) is 3. The molecule has 146 valence electrons. The fourth-order valence-electron chi connectivity index (χ4n) is 3.18. The minimum atomic E-state index is -0.269. The number of aromatic nitrogens is 1. The Morgan fingerprint density at radius 2 is 1.79 bits per heavy atom. The van der Waals surface area contributed by atoms with Crippen LogP contribution in [0.1, 0.15) is 37.0 Å². The zero-order valence-electron chi connectivity index (χ0n) is 15.9. The second-order valence-corrected chi connectivity index (χ2v) is 8.49. The van der Waals surface area contributed by atoms with Crippen LogP contribution in [0, 0.1) is 5.41 Å². The minimum Gasteiger partial charge on any atom is -0.359 e. The van der Waals surface area contributed by atoms with E-state index in [2.05, 4.69) is 50.9 Å². The van der Waals surface area contributed by atoms with Crippen molar-refractivity contribution in [2.45, 2.75) is 26.7 Å². The smallest absolute Gasteiger partial charge is 0.265 e. The second-order valence-electron chi connectivity index (χ2n) is 7.57. The Balaban J connectivity index is 1.73. The van der Waals surface area contributed by atoms with Crippen LogP contribution in [0.15, 0.2) is 64.5 Å². The number of carbonyl (C=O) groups excluding carboxylic acids is 2. The molecule has 0 bridgehead atoms. The number of carbonyl (C=O) groups is 2. The number of rotatable bonds is 6. The van der Waals surface area contributed by atoms with Crippen molar-refractivity contribution in [3.8, 4) is 0 Å². The Morgan fingerprint density at radius 1 is 1.11 bits per heavy atom. The monoisotopic (exact) mass is 442 g/mol. The molecule has 28 heavy (non-hydrogen) atoms. The molecule has 0 atom stereocenters. The van der Waals surface area contributed by atoms with Crippen molar-refractivity contribution in [1.82, 2.24) is 15.8 Å². The van der Waals surface area contributed by atoms with E-state index in [0.717, 1.165) is 22.3 Å². The van der Waals surface area contributed by atoms with E-state index >= 15 is 0 Å². The maximum absolute atomic E-state index is 12.7. The number of ketones is 1. The highest BCUT2D eigenvalue weighted by Crippen LogP contribution is 2.37. The summed E-state index contributed by atoms with van der Waals surface area (Å²) in [4.78, 5) is 28.8. The third kappa shape index (κ3) is 5.27. The predicted octanol–water partition coefficient (Wildman–Crippen LogP) is 3.83. The summed E-state index contributed by atoms with van der Waals surface area (Å²) in [7, 11) is 0. The first-order chi connectivity index (χ1) is 13.3. The molecular weight excluding hydrogens is 420 g/mol. The molecule has 3 N–H and O–H groups in total. The van der Waals surface area contributed by atoms with E-state index in [9.17, 15) is 9.59 Å². The normalized spacial score (nSPS) is 16.0. The first kappa shape index (κ1) is 20.2. The van der Waals surface area contributed by atoms with Gasteiger partial charge in [0.25, 0.3) is 5.91 Å². The summed E-state index contributed by atoms with van der Waals surface area (Å²) in [6, 6.07) is 11.1. The van der Waals surface area contributed by atoms with Gasteiger partial charge in [0.2, 0.25) is 0 Å². The Kier molecular flexibility index (Phi) is 6.26. The van der Waals surface area contributed by atoms with Crippen molar-refractivity contribution in [3.05, 3.63) is 70.1 Å². The zero-order valence-corrected chi connectivity index (χ0v) is 17.5. The van der Waals surface area contributed by atoms with Crippen LogP contribution in [0.4, 0.5) is 5.69 Å². The van der Waals surface area contributed by atoms with Gasteiger partial charge < -0.3 is 5.32 Å². The fourth-order valence-corrected chi connectivity index (χ4v) is 3.44. The molecule has 0 spiro atoms. The van der Waals surface area contributed by atoms with Gasteiger partial charge >= 0.3 is 0 Å². The van der Waals surface area contributed by atoms with Gasteiger partial charge in [-0.3, -0.25) is 20.0 Å². The molecule has 1 aliphatic rings. The van der Waals surface area contributed by atoms with Gasteiger partial charge in [0.15, 0.2) is 5.78 Å². The number of hydrazine groups is 1. The lowest BCUT2D eigenvalue weighted by atomic mass is 9.75. The number of pyridine rings is 1. The molecule has 0 radical (unpaired) electrons. The quantitative estimate of drug-likeness (QED) is 0.592. The summed E-state index contributed by atoms with van der Waals surface area (Å²) in [5, 5.41) is 3.39. The molecule has 0 fully saturated rings. The number of Topliss-reactive ketones (excluding diaryl/α,β-unsaturated/α-hetero) is 1. The van der Waals surface area contributed by atoms with Crippen LogP contribution in [0.2, 0.25) is 0 Å². The zero-order chi connectivity index (χ0) is 20.1. The van der Waals surface area contributed by atoms with Gasteiger partial charge in [-0.05, 0) is 48.2 Å². The molecule has 1 aliphatic carbocycles. The van der Waals surface area contributed by atoms with Gasteiger partial charge in [-0.25, -0.2) is 5.43 Å². The third-order valence-corrected chi connectivity index (χ3v) is 5.07. The Bertz CT molecular complexity index is 892. The lowest BCUT2D eigenvalue weighted by Gasteiger charge is -2.33. The minimum absolute atomic E-state index is 0.0847. The standard InChI is InChI=1S/C21H23BrN4O2/c1-21(2)11-18(25-16-5-3-15(22)4-6-16)17(19(27)12-21)13-24-26-20(28)14-7-9-23-10-8-14/h3-10,24-25H,11-13H2,1-2H3,(H,26,28). The van der Waals surface area contributed by atoms with Gasteiger partial charge in [-0.2, -0.15) is 0 Å². The SMILES string of the molecule is CC1(C)CC(=O)C(CNNC(=O)c2ccncc2)=C(Nc2ccc(Br)cc2)C1. The van der Waals surface area contributed by atoms with Crippen LogP contribution in [0.5, 0.6) is 0 Å². The van der Waals surface area contributed by atoms with E-state index in [0.29, 0.717) is 17.6 Å². The van der Waals surface area contributed by atoms with Crippen molar-refractivity contribution in [3.63, 3.8) is 0 Å². The van der Waals surface area contributed by atoms with Crippen molar-refractivity contribution in [2.24, 2.45) is 5.41 Å². The number of benzene rings is 1. The van der Waals surface area contributed by atoms with E-state index in [4.69, 9.17) is 0 Å². The van der Waals surface area contributed by atoms with Crippen molar-refractivity contribution < 1.29 is 9.59 Å². The van der Waals surface area contributed by atoms with Gasteiger partial charge in [-0.1, -0.05) is 29.8 Å². The van der Waals surface area contributed by atoms with Gasteiger partial charge in [0, 0.05) is 52.4 Å². The summed E-state index contributed by atoms with van der Waals surface area (Å²) < 4.78 is 0.993. The van der Waals surface area contributed by atoms with Crippen LogP contribution in [0.25, 0.3) is 0 Å². The van der Waals surface area contributed by atoms with Crippen LogP contribution >= 0.6 is 15.9 Å². The number of nitrogens with zero attached hydrogens (tertiary/aromatic N) is 1. The maximum atomic E-state index is 12.7. The Labute approximate surface area is 172 Å². The Hall–Kier alpha value is -2.51. The molecule has 1 heterocycles. The number of hydrogen-bond donors (Lipinski definition) is 3. The highest BCUT2D eigenvalue weighted by Gasteiger charge is 2.32. The van der Waals surface area contributed by atoms with E-state index < -0.39 is 0 Å². The maximum Gasteiger partial charge on any atom is 0.265 e. The summed E-state index contributed by atoms with van der Waals surface area (Å²) in [5.41, 5.74) is 8.39. The molecule has 6 nitrogen and oxygen atoms in total. The van der Waals surface area contributed by atoms with Crippen LogP contribution in [-0.4, -0.2) is 23.2 Å². The average molecular weight is 443 g/mol. The number of hydrogen-bond acceptors (Lipinski definition) is 5. The molecule has 0 saturated carbocycles. The average Bonchev–Trinajstić information content (AvgIpc) is 2.65. The van der Waals surface area contributed by atoms with E-state index in [1.807, 2.05) is 24.3 Å². The summed E-state index contributed by atoms with van der Waals surface area (Å²) in [5.74, 6) is -0.185. The van der Waals surface area contributed by atoms with Crippen molar-refractivity contribution >= 4 is 33.3 Å². The number of anilines is 1. The fraction of sp³-hybridized carbons (Fsp3) is 0.286. The van der Waals surface area contributed by atoms with Gasteiger partial charge in [0.1, 0.15) is 0 Å². The van der Waals surface area contributed by atoms with Gasteiger partial charge in [-0.15, -0.1) is 0 Å². The molecule has 3 rings (SSSR count). The number of halogens is 1. The molecule has 7 heteroatoms. The first-order valence-corrected chi connectivity index (χ1v) is 9.84. The Morgan fingerprint density at radius 3 is 2.46 bits per heavy atom. The molecule has 1 aromatic carbocycles. The van der Waals surface area contributed by atoms with E-state index in [-0.39, 0.29) is 23.7 Å². The highest BCUT2D eigenvalue weighted by atomic mass is 79.9. The summed E-state index contributed by atoms with van der Waals surface area (Å²) in [6.07, 6.45) is 4.35. The molecule has 0 saturated heterocycles.